The van der Waals surface area contributed by atoms with Gasteiger partial charge in [0.05, 0.1) is 0 Å². The number of unbranched alkanes of at least 4 members (excludes halogenated alkanes) is 5. The number of hydrogen-bond acceptors (Lipinski definition) is 1. The Bertz CT molecular complexity index is 279. The minimum absolute atomic E-state index is 1.16. The molecule has 0 saturated carbocycles. The Hall–Kier alpha value is -0.343. The first kappa shape index (κ1) is 15.7. The van der Waals surface area contributed by atoms with Gasteiger partial charge in [0, 0.05) is 7.11 Å². The smallest absolute Gasteiger partial charge is 0.186 e. The Kier molecular flexibility index (Phi) is 7.60. The molecule has 0 radical (unpaired) electrons. The van der Waals surface area contributed by atoms with Crippen LogP contribution in [0.15, 0.2) is 23.8 Å². The largest absolute Gasteiger partial charge is 0.420 e. The molecular weight excluding hydrogens is 236 g/mol. The first-order valence-corrected chi connectivity index (χ1v) is 10.7. The van der Waals surface area contributed by atoms with Crippen LogP contribution in [0.3, 0.4) is 0 Å². The molecule has 104 valence electrons. The van der Waals surface area contributed by atoms with Crippen LogP contribution in [-0.4, -0.2) is 15.4 Å². The van der Waals surface area contributed by atoms with Crippen molar-refractivity contribution < 1.29 is 4.43 Å². The van der Waals surface area contributed by atoms with Crippen LogP contribution in [0.2, 0.25) is 19.1 Å². The number of allylic oxidation sites excluding steroid dienone is 4. The van der Waals surface area contributed by atoms with Gasteiger partial charge in [0.1, 0.15) is 0 Å². The third kappa shape index (κ3) is 7.17. The molecule has 0 N–H and O–H groups in total. The Morgan fingerprint density at radius 1 is 1.06 bits per heavy atom. The molecule has 0 saturated heterocycles. The second-order valence-corrected chi connectivity index (χ2v) is 10.4. The van der Waals surface area contributed by atoms with Crippen LogP contribution in [-0.2, 0) is 4.43 Å². The summed E-state index contributed by atoms with van der Waals surface area (Å²) in [6, 6.07) is 1.32. The minimum atomic E-state index is -1.29. The van der Waals surface area contributed by atoms with Crippen LogP contribution >= 0.6 is 0 Å². The monoisotopic (exact) mass is 266 g/mol. The summed E-state index contributed by atoms with van der Waals surface area (Å²) in [6.45, 7) is 4.63. The van der Waals surface area contributed by atoms with Crippen molar-refractivity contribution in [2.45, 2.75) is 70.5 Å². The summed E-state index contributed by atoms with van der Waals surface area (Å²) < 4.78 is 5.57. The topological polar surface area (TPSA) is 9.23 Å². The highest BCUT2D eigenvalue weighted by molar-refractivity contribution is 6.71. The van der Waals surface area contributed by atoms with Crippen molar-refractivity contribution in [3.8, 4) is 0 Å². The summed E-state index contributed by atoms with van der Waals surface area (Å²) in [4.78, 5) is 0. The summed E-state index contributed by atoms with van der Waals surface area (Å²) in [6.07, 6.45) is 17.7. The summed E-state index contributed by atoms with van der Waals surface area (Å²) in [5.74, 6) is 0. The SMILES string of the molecule is CO[Si](C)(C)CCCCCCCCC1=CCC=C1. The molecule has 1 rings (SSSR count). The molecule has 1 nitrogen and oxygen atoms in total. The van der Waals surface area contributed by atoms with Gasteiger partial charge in [-0.05, 0) is 38.4 Å². The molecular formula is C16H30OSi. The quantitative estimate of drug-likeness (QED) is 0.377. The van der Waals surface area contributed by atoms with E-state index in [4.69, 9.17) is 4.43 Å². The summed E-state index contributed by atoms with van der Waals surface area (Å²) in [5.41, 5.74) is 1.56. The van der Waals surface area contributed by atoms with Crippen molar-refractivity contribution in [3.05, 3.63) is 23.8 Å². The van der Waals surface area contributed by atoms with E-state index in [1.807, 2.05) is 7.11 Å². The highest BCUT2D eigenvalue weighted by Gasteiger charge is 2.18. The molecule has 0 atom stereocenters. The maximum atomic E-state index is 5.57. The lowest BCUT2D eigenvalue weighted by atomic mass is 10.1. The molecule has 2 heteroatoms. The van der Waals surface area contributed by atoms with Crippen LogP contribution in [0.25, 0.3) is 0 Å². The molecule has 0 unspecified atom stereocenters. The third-order valence-electron chi connectivity index (χ3n) is 3.89. The van der Waals surface area contributed by atoms with Crippen LogP contribution in [0.1, 0.15) is 51.4 Å². The Labute approximate surface area is 114 Å². The van der Waals surface area contributed by atoms with E-state index >= 15 is 0 Å². The fourth-order valence-corrected chi connectivity index (χ4v) is 3.69. The lowest BCUT2D eigenvalue weighted by molar-refractivity contribution is 0.400. The van der Waals surface area contributed by atoms with Gasteiger partial charge in [-0.2, -0.15) is 0 Å². The second-order valence-electron chi connectivity index (χ2n) is 6.00. The average molecular weight is 267 g/mol. The van der Waals surface area contributed by atoms with E-state index in [9.17, 15) is 0 Å². The van der Waals surface area contributed by atoms with Crippen molar-refractivity contribution in [1.29, 1.82) is 0 Å². The van der Waals surface area contributed by atoms with Crippen LogP contribution in [0.4, 0.5) is 0 Å². The standard InChI is InChI=1S/C16H30OSi/c1-17-18(2,3)15-11-7-5-4-6-8-12-16-13-9-10-14-16/h9,13-14H,4-8,10-12,15H2,1-3H3. The van der Waals surface area contributed by atoms with Crippen LogP contribution < -0.4 is 0 Å². The van der Waals surface area contributed by atoms with Gasteiger partial charge in [0.25, 0.3) is 0 Å². The molecule has 0 aromatic heterocycles. The maximum absolute atomic E-state index is 5.57. The van der Waals surface area contributed by atoms with E-state index in [0.717, 1.165) is 6.42 Å². The lowest BCUT2D eigenvalue weighted by Crippen LogP contribution is -2.27. The van der Waals surface area contributed by atoms with Crippen LogP contribution in [0.5, 0.6) is 0 Å². The molecule has 18 heavy (non-hydrogen) atoms. The van der Waals surface area contributed by atoms with Gasteiger partial charge in [-0.25, -0.2) is 0 Å². The van der Waals surface area contributed by atoms with E-state index < -0.39 is 8.32 Å². The van der Waals surface area contributed by atoms with Crippen molar-refractivity contribution in [1.82, 2.24) is 0 Å². The first-order valence-electron chi connectivity index (χ1n) is 7.55. The van der Waals surface area contributed by atoms with Gasteiger partial charge in [0.15, 0.2) is 8.32 Å². The Morgan fingerprint density at radius 2 is 1.72 bits per heavy atom. The van der Waals surface area contributed by atoms with Gasteiger partial charge in [-0.3, -0.25) is 0 Å². The van der Waals surface area contributed by atoms with Crippen molar-refractivity contribution in [2.75, 3.05) is 7.11 Å². The highest BCUT2D eigenvalue weighted by atomic mass is 28.4. The zero-order chi connectivity index (χ0) is 13.3. The number of hydrogen-bond donors (Lipinski definition) is 0. The summed E-state index contributed by atoms with van der Waals surface area (Å²) in [5, 5.41) is 0. The van der Waals surface area contributed by atoms with E-state index in [0.29, 0.717) is 0 Å². The summed E-state index contributed by atoms with van der Waals surface area (Å²) >= 11 is 0. The van der Waals surface area contributed by atoms with Gasteiger partial charge in [-0.15, -0.1) is 0 Å². The van der Waals surface area contributed by atoms with Gasteiger partial charge in [-0.1, -0.05) is 55.9 Å². The Morgan fingerprint density at radius 3 is 2.33 bits per heavy atom. The summed E-state index contributed by atoms with van der Waals surface area (Å²) in [7, 11) is 0.588. The molecule has 0 aromatic carbocycles. The van der Waals surface area contributed by atoms with Crippen LogP contribution in [0, 0.1) is 0 Å². The predicted octanol–water partition coefficient (Wildman–Crippen LogP) is 5.45. The minimum Gasteiger partial charge on any atom is -0.420 e. The molecule has 1 aliphatic carbocycles. The molecule has 0 aromatic rings. The fraction of sp³-hybridized carbons (Fsp3) is 0.750. The zero-order valence-electron chi connectivity index (χ0n) is 12.5. The first-order chi connectivity index (χ1) is 8.64. The van der Waals surface area contributed by atoms with E-state index in [-0.39, 0.29) is 0 Å². The zero-order valence-corrected chi connectivity index (χ0v) is 13.5. The van der Waals surface area contributed by atoms with Crippen molar-refractivity contribution >= 4 is 8.32 Å². The molecule has 0 heterocycles. The van der Waals surface area contributed by atoms with Gasteiger partial charge < -0.3 is 4.43 Å². The number of rotatable bonds is 10. The lowest BCUT2D eigenvalue weighted by Gasteiger charge is -2.19. The van der Waals surface area contributed by atoms with E-state index in [1.165, 1.54) is 51.0 Å². The molecule has 0 bridgehead atoms. The molecule has 0 amide bonds. The van der Waals surface area contributed by atoms with Gasteiger partial charge in [0.2, 0.25) is 0 Å². The Balaban J connectivity index is 1.85. The normalized spacial score (nSPS) is 15.2. The predicted molar refractivity (Wildman–Crippen MR) is 83.5 cm³/mol. The van der Waals surface area contributed by atoms with E-state index in [2.05, 4.69) is 31.3 Å². The molecule has 1 aliphatic rings. The second kappa shape index (κ2) is 8.71. The third-order valence-corrected chi connectivity index (χ3v) is 6.56. The maximum Gasteiger partial charge on any atom is 0.186 e. The highest BCUT2D eigenvalue weighted by Crippen LogP contribution is 2.19. The van der Waals surface area contributed by atoms with Crippen molar-refractivity contribution in [3.63, 3.8) is 0 Å². The van der Waals surface area contributed by atoms with Crippen molar-refractivity contribution in [2.24, 2.45) is 0 Å². The average Bonchev–Trinajstić information content (AvgIpc) is 2.85. The molecule has 0 spiro atoms. The fourth-order valence-electron chi connectivity index (χ4n) is 2.38. The molecule has 0 fully saturated rings. The van der Waals surface area contributed by atoms with Gasteiger partial charge >= 0.3 is 0 Å². The molecule has 0 aliphatic heterocycles. The van der Waals surface area contributed by atoms with E-state index in [1.54, 1.807) is 5.57 Å².